The third kappa shape index (κ3) is 4.22. The van der Waals surface area contributed by atoms with Crippen molar-refractivity contribution in [3.05, 3.63) is 36.0 Å². The Morgan fingerprint density at radius 2 is 1.66 bits per heavy atom. The summed E-state index contributed by atoms with van der Waals surface area (Å²) in [5, 5.41) is 0.660. The molecule has 0 unspecified atom stereocenters. The zero-order chi connectivity index (χ0) is 19.7. The van der Waals surface area contributed by atoms with Gasteiger partial charge in [-0.3, -0.25) is 0 Å². The van der Waals surface area contributed by atoms with Crippen LogP contribution in [-0.4, -0.2) is 54.7 Å². The molecule has 3 heterocycles. The average molecular weight is 413 g/mol. The van der Waals surface area contributed by atoms with Crippen LogP contribution in [0.1, 0.15) is 31.4 Å². The number of rotatable bonds is 5. The van der Waals surface area contributed by atoms with Crippen molar-refractivity contribution >= 4 is 23.3 Å². The van der Waals surface area contributed by atoms with E-state index in [2.05, 4.69) is 22.7 Å². The maximum absolute atomic E-state index is 5.89. The smallest absolute Gasteiger partial charge is 0.161 e. The molecule has 0 spiro atoms. The van der Waals surface area contributed by atoms with Crippen LogP contribution in [0.3, 0.4) is 0 Å². The highest BCUT2D eigenvalue weighted by molar-refractivity contribution is 8.01. The molecule has 3 aliphatic rings. The molecule has 1 aliphatic carbocycles. The van der Waals surface area contributed by atoms with Crippen molar-refractivity contribution < 1.29 is 9.47 Å². The molecular formula is C22H28N4O2S. The van der Waals surface area contributed by atoms with Crippen LogP contribution < -0.4 is 10.6 Å². The number of thioether (sulfide) groups is 1. The third-order valence-electron chi connectivity index (χ3n) is 5.95. The van der Waals surface area contributed by atoms with Gasteiger partial charge in [0.25, 0.3) is 0 Å². The van der Waals surface area contributed by atoms with E-state index in [4.69, 9.17) is 25.2 Å². The van der Waals surface area contributed by atoms with Crippen molar-refractivity contribution in [1.82, 2.24) is 9.97 Å². The van der Waals surface area contributed by atoms with E-state index in [1.807, 2.05) is 24.3 Å². The Morgan fingerprint density at radius 3 is 2.34 bits per heavy atom. The molecule has 0 radical (unpaired) electrons. The molecule has 0 amide bonds. The summed E-state index contributed by atoms with van der Waals surface area (Å²) in [5.74, 6) is 1.81. The lowest BCUT2D eigenvalue weighted by Crippen LogP contribution is -2.37. The summed E-state index contributed by atoms with van der Waals surface area (Å²) in [6.45, 7) is 5.01. The van der Waals surface area contributed by atoms with E-state index in [1.54, 1.807) is 0 Å². The van der Waals surface area contributed by atoms with Crippen molar-refractivity contribution in [2.75, 3.05) is 50.2 Å². The largest absolute Gasteiger partial charge is 0.399 e. The van der Waals surface area contributed by atoms with E-state index in [0.717, 1.165) is 75.3 Å². The first-order chi connectivity index (χ1) is 14.2. The fourth-order valence-corrected chi connectivity index (χ4v) is 5.67. The van der Waals surface area contributed by atoms with Crippen LogP contribution >= 0.6 is 11.8 Å². The second-order valence-corrected chi connectivity index (χ2v) is 9.76. The maximum Gasteiger partial charge on any atom is 0.161 e. The molecule has 1 saturated carbocycles. The van der Waals surface area contributed by atoms with Crippen molar-refractivity contribution in [3.63, 3.8) is 0 Å². The van der Waals surface area contributed by atoms with Crippen molar-refractivity contribution in [2.45, 2.75) is 35.7 Å². The van der Waals surface area contributed by atoms with Gasteiger partial charge in [-0.1, -0.05) is 0 Å². The number of nitrogen functional groups attached to an aromatic ring is 1. The number of hydrogen-bond acceptors (Lipinski definition) is 7. The first-order valence-corrected chi connectivity index (χ1v) is 11.4. The highest BCUT2D eigenvalue weighted by Gasteiger charge is 2.48. The van der Waals surface area contributed by atoms with Gasteiger partial charge in [0.2, 0.25) is 0 Å². The Kier molecular flexibility index (Phi) is 5.37. The zero-order valence-corrected chi connectivity index (χ0v) is 17.5. The van der Waals surface area contributed by atoms with Gasteiger partial charge in [0.15, 0.2) is 5.82 Å². The summed E-state index contributed by atoms with van der Waals surface area (Å²) in [6, 6.07) is 10.1. The summed E-state index contributed by atoms with van der Waals surface area (Å²) in [5.41, 5.74) is 8.84. The molecular weight excluding hydrogens is 384 g/mol. The van der Waals surface area contributed by atoms with Crippen LogP contribution in [0.5, 0.6) is 0 Å². The fourth-order valence-electron chi connectivity index (χ4n) is 4.04. The van der Waals surface area contributed by atoms with Gasteiger partial charge in [0.1, 0.15) is 5.82 Å². The van der Waals surface area contributed by atoms with E-state index < -0.39 is 0 Å². The Hall–Kier alpha value is -1.83. The molecule has 0 bridgehead atoms. The second kappa shape index (κ2) is 8.13. The minimum absolute atomic E-state index is 0.133. The molecule has 1 aromatic heterocycles. The van der Waals surface area contributed by atoms with Gasteiger partial charge >= 0.3 is 0 Å². The Balaban J connectivity index is 1.49. The minimum Gasteiger partial charge on any atom is -0.399 e. The van der Waals surface area contributed by atoms with Gasteiger partial charge in [-0.2, -0.15) is 0 Å². The van der Waals surface area contributed by atoms with E-state index in [1.165, 1.54) is 18.5 Å². The Bertz CT molecular complexity index is 844. The molecule has 6 nitrogen and oxygen atoms in total. The van der Waals surface area contributed by atoms with Crippen LogP contribution in [0.15, 0.2) is 30.3 Å². The van der Waals surface area contributed by atoms with Crippen molar-refractivity contribution in [1.29, 1.82) is 0 Å². The van der Waals surface area contributed by atoms with Gasteiger partial charge < -0.3 is 20.1 Å². The Labute approximate surface area is 176 Å². The van der Waals surface area contributed by atoms with Crippen LogP contribution in [0.2, 0.25) is 0 Å². The van der Waals surface area contributed by atoms with Gasteiger partial charge in [0, 0.05) is 48.9 Å². The summed E-state index contributed by atoms with van der Waals surface area (Å²) in [7, 11) is 0. The lowest BCUT2D eigenvalue weighted by atomic mass is 10.1. The van der Waals surface area contributed by atoms with Crippen LogP contribution in [0.4, 0.5) is 11.5 Å². The van der Waals surface area contributed by atoms with E-state index in [-0.39, 0.29) is 4.75 Å². The lowest BCUT2D eigenvalue weighted by molar-refractivity contribution is 0.0999. The predicted molar refractivity (Wildman–Crippen MR) is 117 cm³/mol. The molecule has 29 heavy (non-hydrogen) atoms. The van der Waals surface area contributed by atoms with E-state index >= 15 is 0 Å². The third-order valence-corrected chi connectivity index (χ3v) is 7.82. The molecule has 0 atom stereocenters. The predicted octanol–water partition coefficient (Wildman–Crippen LogP) is 3.46. The number of nitrogens with zero attached hydrogens (tertiary/aromatic N) is 3. The summed E-state index contributed by atoms with van der Waals surface area (Å²) < 4.78 is 11.2. The summed E-state index contributed by atoms with van der Waals surface area (Å²) >= 11 is 2.12. The van der Waals surface area contributed by atoms with Crippen LogP contribution in [0, 0.1) is 0 Å². The van der Waals surface area contributed by atoms with E-state index in [9.17, 15) is 0 Å². The molecule has 1 aromatic carbocycles. The quantitative estimate of drug-likeness (QED) is 0.754. The number of benzene rings is 1. The zero-order valence-electron chi connectivity index (χ0n) is 16.7. The standard InChI is InChI=1S/C22H28N4O2S/c23-17-3-1-16(2-4-17)21-24-19(15-20(25-21)26-9-13-28-14-10-26)22(7-8-22)29-18-5-11-27-12-6-18/h1-4,15,18H,5-14,23H2. The number of aromatic nitrogens is 2. The molecule has 2 saturated heterocycles. The molecule has 7 heteroatoms. The van der Waals surface area contributed by atoms with Gasteiger partial charge in [0.05, 0.1) is 23.7 Å². The highest BCUT2D eigenvalue weighted by Crippen LogP contribution is 2.59. The second-order valence-electron chi connectivity index (χ2n) is 8.08. The molecule has 5 rings (SSSR count). The molecule has 2 aliphatic heterocycles. The van der Waals surface area contributed by atoms with Crippen molar-refractivity contribution in [2.24, 2.45) is 0 Å². The number of anilines is 2. The summed E-state index contributed by atoms with van der Waals surface area (Å²) in [4.78, 5) is 12.3. The van der Waals surface area contributed by atoms with E-state index in [0.29, 0.717) is 5.25 Å². The maximum atomic E-state index is 5.89. The molecule has 2 aromatic rings. The molecule has 3 fully saturated rings. The van der Waals surface area contributed by atoms with Gasteiger partial charge in [-0.25, -0.2) is 9.97 Å². The number of morpholine rings is 1. The Morgan fingerprint density at radius 1 is 0.966 bits per heavy atom. The van der Waals surface area contributed by atoms with Crippen LogP contribution in [0.25, 0.3) is 11.4 Å². The SMILES string of the molecule is Nc1ccc(-c2nc(N3CCOCC3)cc(C3(SC4CCOCC4)CC3)n2)cc1. The average Bonchev–Trinajstić information content (AvgIpc) is 3.56. The fraction of sp³-hybridized carbons (Fsp3) is 0.545. The first-order valence-electron chi connectivity index (χ1n) is 10.6. The normalized spacial score (nSPS) is 21.9. The van der Waals surface area contributed by atoms with Gasteiger partial charge in [-0.15, -0.1) is 11.8 Å². The monoisotopic (exact) mass is 412 g/mol. The summed E-state index contributed by atoms with van der Waals surface area (Å²) in [6.07, 6.45) is 4.66. The first kappa shape index (κ1) is 19.2. The topological polar surface area (TPSA) is 73.5 Å². The minimum atomic E-state index is 0.133. The number of nitrogens with two attached hydrogens (primary N) is 1. The van der Waals surface area contributed by atoms with Crippen LogP contribution in [-0.2, 0) is 14.2 Å². The highest BCUT2D eigenvalue weighted by atomic mass is 32.2. The lowest BCUT2D eigenvalue weighted by Gasteiger charge is -2.30. The molecule has 2 N–H and O–H groups in total. The number of hydrogen-bond donors (Lipinski definition) is 1. The molecule has 154 valence electrons. The van der Waals surface area contributed by atoms with Crippen molar-refractivity contribution in [3.8, 4) is 11.4 Å². The van der Waals surface area contributed by atoms with Gasteiger partial charge in [-0.05, 0) is 49.9 Å². The number of ether oxygens (including phenoxy) is 2.